The number of carbonyl (C=O) groups excluding carboxylic acids is 1. The summed E-state index contributed by atoms with van der Waals surface area (Å²) in [7, 11) is 0. The largest absolute Gasteiger partial charge is 0.377 e. The third-order valence-corrected chi connectivity index (χ3v) is 3.02. The topological polar surface area (TPSA) is 76.4 Å². The van der Waals surface area contributed by atoms with Crippen molar-refractivity contribution in [3.63, 3.8) is 0 Å². The summed E-state index contributed by atoms with van der Waals surface area (Å²) in [5.41, 5.74) is 4.81. The molecule has 0 aromatic carbocycles. The van der Waals surface area contributed by atoms with E-state index in [1.165, 1.54) is 0 Å². The van der Waals surface area contributed by atoms with Crippen LogP contribution in [0.5, 0.6) is 0 Å². The second-order valence-electron chi connectivity index (χ2n) is 4.07. The molecule has 2 rings (SSSR count). The van der Waals surface area contributed by atoms with Crippen molar-refractivity contribution >= 4 is 5.91 Å². The number of nitrogens with one attached hydrogen (secondary N) is 2. The molecular weight excluding hydrogens is 182 g/mol. The fourth-order valence-corrected chi connectivity index (χ4v) is 1.88. The molecule has 0 saturated carbocycles. The molecular formula is C9H17N3O2. The van der Waals surface area contributed by atoms with Gasteiger partial charge in [-0.15, -0.1) is 0 Å². The highest BCUT2D eigenvalue weighted by molar-refractivity contribution is 5.86. The van der Waals surface area contributed by atoms with Crippen LogP contribution in [0.2, 0.25) is 0 Å². The smallest absolute Gasteiger partial charge is 0.240 e. The van der Waals surface area contributed by atoms with E-state index >= 15 is 0 Å². The fraction of sp³-hybridized carbons (Fsp3) is 0.889. The maximum atomic E-state index is 11.2. The molecule has 2 aliphatic rings. The number of rotatable bonds is 4. The minimum atomic E-state index is -0.522. The summed E-state index contributed by atoms with van der Waals surface area (Å²) in [5.74, 6) is -0.269. The summed E-state index contributed by atoms with van der Waals surface area (Å²) in [5, 5.41) is 6.27. The van der Waals surface area contributed by atoms with Gasteiger partial charge in [0.15, 0.2) is 0 Å². The second kappa shape index (κ2) is 3.84. The quantitative estimate of drug-likeness (QED) is 0.519. The summed E-state index contributed by atoms with van der Waals surface area (Å²) in [4.78, 5) is 11.2. The molecule has 5 heteroatoms. The van der Waals surface area contributed by atoms with Crippen LogP contribution >= 0.6 is 0 Å². The highest BCUT2D eigenvalue weighted by Crippen LogP contribution is 2.14. The van der Waals surface area contributed by atoms with Gasteiger partial charge in [-0.25, -0.2) is 0 Å². The minimum absolute atomic E-state index is 0.256. The van der Waals surface area contributed by atoms with E-state index in [0.717, 1.165) is 26.0 Å². The molecule has 2 heterocycles. The highest BCUT2D eigenvalue weighted by atomic mass is 16.5. The first kappa shape index (κ1) is 9.89. The number of carbonyl (C=O) groups is 1. The molecule has 14 heavy (non-hydrogen) atoms. The minimum Gasteiger partial charge on any atom is -0.377 e. The SMILES string of the molecule is NC(=O)C1(NCC2CCCO2)CNC1. The zero-order valence-corrected chi connectivity index (χ0v) is 8.21. The third kappa shape index (κ3) is 1.75. The lowest BCUT2D eigenvalue weighted by Gasteiger charge is -2.41. The molecule has 5 nitrogen and oxygen atoms in total. The molecule has 0 bridgehead atoms. The zero-order valence-electron chi connectivity index (χ0n) is 8.21. The van der Waals surface area contributed by atoms with Crippen LogP contribution in [0, 0.1) is 0 Å². The maximum Gasteiger partial charge on any atom is 0.240 e. The van der Waals surface area contributed by atoms with Crippen LogP contribution in [0.25, 0.3) is 0 Å². The van der Waals surface area contributed by atoms with Gasteiger partial charge >= 0.3 is 0 Å². The lowest BCUT2D eigenvalue weighted by molar-refractivity contribution is -0.126. The normalized spacial score (nSPS) is 29.9. The van der Waals surface area contributed by atoms with Crippen molar-refractivity contribution in [2.24, 2.45) is 5.73 Å². The van der Waals surface area contributed by atoms with Gasteiger partial charge in [-0.1, -0.05) is 0 Å². The van der Waals surface area contributed by atoms with Crippen molar-refractivity contribution in [3.8, 4) is 0 Å². The van der Waals surface area contributed by atoms with E-state index in [1.54, 1.807) is 0 Å². The van der Waals surface area contributed by atoms with Gasteiger partial charge in [0.1, 0.15) is 5.54 Å². The molecule has 2 fully saturated rings. The van der Waals surface area contributed by atoms with E-state index in [4.69, 9.17) is 10.5 Å². The Morgan fingerprint density at radius 3 is 2.86 bits per heavy atom. The van der Waals surface area contributed by atoms with E-state index < -0.39 is 5.54 Å². The summed E-state index contributed by atoms with van der Waals surface area (Å²) < 4.78 is 5.46. The van der Waals surface area contributed by atoms with Gasteiger partial charge < -0.3 is 15.8 Å². The van der Waals surface area contributed by atoms with Gasteiger partial charge in [0, 0.05) is 26.2 Å². The Kier molecular flexibility index (Phi) is 2.71. The highest BCUT2D eigenvalue weighted by Gasteiger charge is 2.42. The molecule has 0 radical (unpaired) electrons. The number of ether oxygens (including phenoxy) is 1. The number of amides is 1. The predicted octanol–water partition coefficient (Wildman–Crippen LogP) is -1.42. The Balaban J connectivity index is 1.80. The van der Waals surface area contributed by atoms with E-state index in [1.807, 2.05) is 0 Å². The fourth-order valence-electron chi connectivity index (χ4n) is 1.88. The average Bonchev–Trinajstić information content (AvgIpc) is 2.53. The van der Waals surface area contributed by atoms with Gasteiger partial charge in [-0.2, -0.15) is 0 Å². The standard InChI is InChI=1S/C9H17N3O2/c10-8(13)9(5-11-6-9)12-4-7-2-1-3-14-7/h7,11-12H,1-6H2,(H2,10,13). The summed E-state index contributed by atoms with van der Waals surface area (Å²) in [6, 6.07) is 0. The Morgan fingerprint density at radius 1 is 1.64 bits per heavy atom. The summed E-state index contributed by atoms with van der Waals surface area (Å²) in [6.07, 6.45) is 2.45. The van der Waals surface area contributed by atoms with Crippen molar-refractivity contribution in [2.45, 2.75) is 24.5 Å². The van der Waals surface area contributed by atoms with Crippen LogP contribution in [-0.4, -0.2) is 43.8 Å². The van der Waals surface area contributed by atoms with E-state index in [-0.39, 0.29) is 12.0 Å². The van der Waals surface area contributed by atoms with Crippen LogP contribution in [0.15, 0.2) is 0 Å². The van der Waals surface area contributed by atoms with Crippen molar-refractivity contribution in [3.05, 3.63) is 0 Å². The molecule has 0 aromatic rings. The van der Waals surface area contributed by atoms with E-state index in [9.17, 15) is 4.79 Å². The van der Waals surface area contributed by atoms with Crippen LogP contribution in [0.1, 0.15) is 12.8 Å². The number of hydrogen-bond donors (Lipinski definition) is 3. The first-order valence-corrected chi connectivity index (χ1v) is 5.10. The van der Waals surface area contributed by atoms with Crippen LogP contribution < -0.4 is 16.4 Å². The number of hydrogen-bond acceptors (Lipinski definition) is 4. The molecule has 2 saturated heterocycles. The van der Waals surface area contributed by atoms with Crippen molar-refractivity contribution in [2.75, 3.05) is 26.2 Å². The van der Waals surface area contributed by atoms with E-state index in [2.05, 4.69) is 10.6 Å². The lowest BCUT2D eigenvalue weighted by atomic mass is 9.91. The molecule has 0 spiro atoms. The predicted molar refractivity (Wildman–Crippen MR) is 51.8 cm³/mol. The molecule has 0 aliphatic carbocycles. The van der Waals surface area contributed by atoms with Gasteiger partial charge in [0.25, 0.3) is 0 Å². The van der Waals surface area contributed by atoms with Gasteiger partial charge in [0.2, 0.25) is 5.91 Å². The summed E-state index contributed by atoms with van der Waals surface area (Å²) in [6.45, 7) is 2.84. The van der Waals surface area contributed by atoms with Gasteiger partial charge in [-0.3, -0.25) is 10.1 Å². The Labute approximate surface area is 83.4 Å². The van der Waals surface area contributed by atoms with Crippen LogP contribution in [0.4, 0.5) is 0 Å². The first-order valence-electron chi connectivity index (χ1n) is 5.10. The number of nitrogens with two attached hydrogens (primary N) is 1. The maximum absolute atomic E-state index is 11.2. The Hall–Kier alpha value is -0.650. The molecule has 4 N–H and O–H groups in total. The first-order chi connectivity index (χ1) is 6.73. The van der Waals surface area contributed by atoms with Gasteiger partial charge in [-0.05, 0) is 12.8 Å². The molecule has 1 atom stereocenters. The van der Waals surface area contributed by atoms with Crippen LogP contribution in [0.3, 0.4) is 0 Å². The molecule has 1 unspecified atom stereocenters. The van der Waals surface area contributed by atoms with Crippen molar-refractivity contribution in [1.82, 2.24) is 10.6 Å². The van der Waals surface area contributed by atoms with Crippen molar-refractivity contribution in [1.29, 1.82) is 0 Å². The van der Waals surface area contributed by atoms with Gasteiger partial charge in [0.05, 0.1) is 6.10 Å². The second-order valence-corrected chi connectivity index (χ2v) is 4.07. The Bertz CT molecular complexity index is 222. The molecule has 0 aromatic heterocycles. The molecule has 80 valence electrons. The molecule has 1 amide bonds. The number of primary amides is 1. The third-order valence-electron chi connectivity index (χ3n) is 3.02. The Morgan fingerprint density at radius 2 is 2.43 bits per heavy atom. The van der Waals surface area contributed by atoms with Crippen LogP contribution in [-0.2, 0) is 9.53 Å². The average molecular weight is 199 g/mol. The molecule has 2 aliphatic heterocycles. The lowest BCUT2D eigenvalue weighted by Crippen LogP contribution is -2.74. The zero-order chi connectivity index (χ0) is 10.0. The monoisotopic (exact) mass is 199 g/mol. The van der Waals surface area contributed by atoms with Crippen molar-refractivity contribution < 1.29 is 9.53 Å². The summed E-state index contributed by atoms with van der Waals surface area (Å²) >= 11 is 0. The van der Waals surface area contributed by atoms with E-state index in [0.29, 0.717) is 13.1 Å².